The highest BCUT2D eigenvalue weighted by molar-refractivity contribution is 6.21. The van der Waals surface area contributed by atoms with Crippen molar-refractivity contribution in [2.75, 3.05) is 25.1 Å². The van der Waals surface area contributed by atoms with Gasteiger partial charge in [-0.25, -0.2) is 4.98 Å². The molecule has 82 valence electrons. The summed E-state index contributed by atoms with van der Waals surface area (Å²) >= 11 is 6.11. The Bertz CT molecular complexity index is 334. The van der Waals surface area contributed by atoms with E-state index in [1.807, 2.05) is 0 Å². The lowest BCUT2D eigenvalue weighted by Gasteiger charge is -2.29. The van der Waals surface area contributed by atoms with Gasteiger partial charge in [0.15, 0.2) is 0 Å². The third-order valence-electron chi connectivity index (χ3n) is 2.47. The van der Waals surface area contributed by atoms with Crippen LogP contribution in [-0.4, -0.2) is 35.5 Å². The minimum absolute atomic E-state index is 0.202. The average molecular weight is 228 g/mol. The Morgan fingerprint density at radius 1 is 1.60 bits per heavy atom. The summed E-state index contributed by atoms with van der Waals surface area (Å²) in [6.07, 6.45) is 3.87. The fourth-order valence-corrected chi connectivity index (χ4v) is 2.03. The zero-order valence-corrected chi connectivity index (χ0v) is 9.44. The van der Waals surface area contributed by atoms with E-state index in [2.05, 4.69) is 14.9 Å². The Morgan fingerprint density at radius 2 is 2.47 bits per heavy atom. The molecule has 1 aromatic rings. The molecule has 0 saturated carbocycles. The molecule has 0 bridgehead atoms. The number of hydrogen-bond acceptors (Lipinski definition) is 4. The topological polar surface area (TPSA) is 38.2 Å². The lowest BCUT2D eigenvalue weighted by atomic mass is 10.1. The molecule has 4 nitrogen and oxygen atoms in total. The van der Waals surface area contributed by atoms with Crippen LogP contribution >= 0.6 is 11.6 Å². The van der Waals surface area contributed by atoms with Gasteiger partial charge in [0.25, 0.3) is 0 Å². The molecule has 1 saturated heterocycles. The summed E-state index contributed by atoms with van der Waals surface area (Å²) in [5.74, 6) is 1.30. The molecule has 0 aliphatic carbocycles. The lowest BCUT2D eigenvalue weighted by Crippen LogP contribution is -2.37. The fraction of sp³-hybridized carbons (Fsp3) is 0.600. The molecule has 1 aliphatic rings. The number of nitrogens with zero attached hydrogens (tertiary/aromatic N) is 3. The van der Waals surface area contributed by atoms with Gasteiger partial charge in [0.2, 0.25) is 11.8 Å². The maximum Gasteiger partial charge on any atom is 0.228 e. The van der Waals surface area contributed by atoms with E-state index >= 15 is 0 Å². The monoisotopic (exact) mass is 227 g/mol. The highest BCUT2D eigenvalue weighted by atomic mass is 35.5. The van der Waals surface area contributed by atoms with Crippen LogP contribution in [-0.2, 0) is 0 Å². The van der Waals surface area contributed by atoms with Gasteiger partial charge in [-0.3, -0.25) is 0 Å². The number of methoxy groups -OCH3 is 1. The Morgan fingerprint density at radius 3 is 3.20 bits per heavy atom. The summed E-state index contributed by atoms with van der Waals surface area (Å²) in [7, 11) is 1.60. The summed E-state index contributed by atoms with van der Waals surface area (Å²) in [4.78, 5) is 10.6. The first-order chi connectivity index (χ1) is 7.29. The number of aromatic nitrogens is 2. The number of hydrogen-bond donors (Lipinski definition) is 0. The normalized spacial score (nSPS) is 21.5. The van der Waals surface area contributed by atoms with Crippen LogP contribution in [0.5, 0.6) is 5.88 Å². The van der Waals surface area contributed by atoms with Crippen LogP contribution in [0.1, 0.15) is 12.8 Å². The van der Waals surface area contributed by atoms with Gasteiger partial charge in [0.05, 0.1) is 12.5 Å². The predicted molar refractivity (Wildman–Crippen MR) is 59.7 cm³/mol. The second-order valence-electron chi connectivity index (χ2n) is 3.58. The highest BCUT2D eigenvalue weighted by Crippen LogP contribution is 2.20. The van der Waals surface area contributed by atoms with Gasteiger partial charge in [-0.15, -0.1) is 11.6 Å². The molecule has 1 unspecified atom stereocenters. The molecule has 0 aromatic carbocycles. The van der Waals surface area contributed by atoms with E-state index in [-0.39, 0.29) is 5.38 Å². The first-order valence-corrected chi connectivity index (χ1v) is 5.49. The number of ether oxygens (including phenoxy) is 1. The molecular formula is C10H14ClN3O. The van der Waals surface area contributed by atoms with Gasteiger partial charge in [0.1, 0.15) is 0 Å². The summed E-state index contributed by atoms with van der Waals surface area (Å²) in [5.41, 5.74) is 0. The van der Waals surface area contributed by atoms with Gasteiger partial charge < -0.3 is 9.64 Å². The van der Waals surface area contributed by atoms with Crippen molar-refractivity contribution in [2.45, 2.75) is 18.2 Å². The van der Waals surface area contributed by atoms with E-state index in [1.54, 1.807) is 19.4 Å². The van der Waals surface area contributed by atoms with Crippen molar-refractivity contribution in [3.63, 3.8) is 0 Å². The quantitative estimate of drug-likeness (QED) is 0.721. The molecule has 0 N–H and O–H groups in total. The van der Waals surface area contributed by atoms with E-state index in [4.69, 9.17) is 16.3 Å². The van der Waals surface area contributed by atoms with Crippen LogP contribution in [0.15, 0.2) is 12.3 Å². The smallest absolute Gasteiger partial charge is 0.228 e. The third kappa shape index (κ3) is 2.50. The molecule has 1 fully saturated rings. The van der Waals surface area contributed by atoms with Gasteiger partial charge in [0, 0.05) is 25.4 Å². The van der Waals surface area contributed by atoms with E-state index in [0.717, 1.165) is 25.9 Å². The zero-order chi connectivity index (χ0) is 10.7. The molecule has 5 heteroatoms. The van der Waals surface area contributed by atoms with Crippen molar-refractivity contribution in [2.24, 2.45) is 0 Å². The molecule has 2 heterocycles. The zero-order valence-electron chi connectivity index (χ0n) is 8.69. The fourth-order valence-electron chi connectivity index (χ4n) is 1.71. The van der Waals surface area contributed by atoms with E-state index in [0.29, 0.717) is 11.8 Å². The highest BCUT2D eigenvalue weighted by Gasteiger charge is 2.19. The molecule has 1 atom stereocenters. The number of alkyl halides is 1. The predicted octanol–water partition coefficient (Wildman–Crippen LogP) is 1.69. The van der Waals surface area contributed by atoms with E-state index < -0.39 is 0 Å². The van der Waals surface area contributed by atoms with Crippen LogP contribution in [0.3, 0.4) is 0 Å². The second-order valence-corrected chi connectivity index (χ2v) is 4.20. The number of anilines is 1. The lowest BCUT2D eigenvalue weighted by molar-refractivity contribution is 0.396. The van der Waals surface area contributed by atoms with Crippen molar-refractivity contribution in [3.05, 3.63) is 12.3 Å². The van der Waals surface area contributed by atoms with Crippen LogP contribution in [0.2, 0.25) is 0 Å². The number of halogens is 1. The largest absolute Gasteiger partial charge is 0.481 e. The molecule has 15 heavy (non-hydrogen) atoms. The van der Waals surface area contributed by atoms with Crippen LogP contribution in [0.25, 0.3) is 0 Å². The molecule has 0 radical (unpaired) electrons. The third-order valence-corrected chi connectivity index (χ3v) is 2.83. The van der Waals surface area contributed by atoms with Crippen molar-refractivity contribution in [1.82, 2.24) is 9.97 Å². The Kier molecular flexibility index (Phi) is 3.26. The Balaban J connectivity index is 2.13. The molecule has 0 amide bonds. The Labute approximate surface area is 94.2 Å². The van der Waals surface area contributed by atoms with Crippen molar-refractivity contribution in [3.8, 4) is 5.88 Å². The first kappa shape index (κ1) is 10.5. The van der Waals surface area contributed by atoms with Gasteiger partial charge in [-0.1, -0.05) is 0 Å². The molecule has 1 aromatic heterocycles. The minimum atomic E-state index is 0.202. The molecule has 1 aliphatic heterocycles. The van der Waals surface area contributed by atoms with Gasteiger partial charge >= 0.3 is 0 Å². The number of rotatable bonds is 2. The maximum atomic E-state index is 6.11. The van der Waals surface area contributed by atoms with Crippen molar-refractivity contribution < 1.29 is 4.74 Å². The van der Waals surface area contributed by atoms with Crippen LogP contribution < -0.4 is 9.64 Å². The summed E-state index contributed by atoms with van der Waals surface area (Å²) < 4.78 is 5.06. The van der Waals surface area contributed by atoms with E-state index in [1.165, 1.54) is 0 Å². The SMILES string of the molecule is COc1ccnc(N2CCCC(Cl)C2)n1. The minimum Gasteiger partial charge on any atom is -0.481 e. The molecular weight excluding hydrogens is 214 g/mol. The Hall–Kier alpha value is -1.03. The van der Waals surface area contributed by atoms with Crippen molar-refractivity contribution >= 4 is 17.5 Å². The van der Waals surface area contributed by atoms with Crippen LogP contribution in [0.4, 0.5) is 5.95 Å². The second kappa shape index (κ2) is 4.66. The molecule has 0 spiro atoms. The maximum absolute atomic E-state index is 6.11. The van der Waals surface area contributed by atoms with Gasteiger partial charge in [-0.05, 0) is 12.8 Å². The average Bonchev–Trinajstić information content (AvgIpc) is 2.29. The summed E-state index contributed by atoms with van der Waals surface area (Å²) in [6.45, 7) is 1.78. The summed E-state index contributed by atoms with van der Waals surface area (Å²) in [6, 6.07) is 1.74. The first-order valence-electron chi connectivity index (χ1n) is 5.05. The van der Waals surface area contributed by atoms with Gasteiger partial charge in [-0.2, -0.15) is 4.98 Å². The number of piperidine rings is 1. The standard InChI is InChI=1S/C10H14ClN3O/c1-15-9-4-5-12-10(13-9)14-6-2-3-8(11)7-14/h4-5,8H,2-3,6-7H2,1H3. The molecule has 2 rings (SSSR count). The van der Waals surface area contributed by atoms with Crippen LogP contribution in [0, 0.1) is 0 Å². The summed E-state index contributed by atoms with van der Waals surface area (Å²) in [5, 5.41) is 0.202. The van der Waals surface area contributed by atoms with E-state index in [9.17, 15) is 0 Å². The van der Waals surface area contributed by atoms with Crippen molar-refractivity contribution in [1.29, 1.82) is 0 Å².